The molecule has 2 aromatic rings. The van der Waals surface area contributed by atoms with Crippen LogP contribution in [0.2, 0.25) is 0 Å². The zero-order valence-electron chi connectivity index (χ0n) is 21.4. The first-order valence-electron chi connectivity index (χ1n) is 12.2. The van der Waals surface area contributed by atoms with E-state index in [1.54, 1.807) is 6.92 Å². The molecule has 1 N–H and O–H groups in total. The minimum Gasteiger partial charge on any atom is -0.495 e. The van der Waals surface area contributed by atoms with Crippen LogP contribution >= 0.6 is 0 Å². The molecule has 1 saturated carbocycles. The Balaban J connectivity index is 1.78. The number of hydrogen-bond donors (Lipinski definition) is 1. The summed E-state index contributed by atoms with van der Waals surface area (Å²) in [5.41, 5.74) is 0.219. The second-order valence-corrected chi connectivity index (χ2v) is 12.0. The smallest absolute Gasteiger partial charge is 0.391 e. The summed E-state index contributed by atoms with van der Waals surface area (Å²) in [6, 6.07) is 4.37. The van der Waals surface area contributed by atoms with Crippen molar-refractivity contribution in [2.45, 2.75) is 63.8 Å². The van der Waals surface area contributed by atoms with E-state index in [0.29, 0.717) is 31.2 Å². The SMILES string of the molecule is CCc1nc(C(=O)NCC2CCC(S(C)(=O)=O)CC2)c(F)n1-c1ccc(CC(C)C(F)(F)F)cc1OC. The highest BCUT2D eigenvalue weighted by atomic mass is 32.2. The number of aromatic nitrogens is 2. The zero-order chi connectivity index (χ0) is 27.5. The summed E-state index contributed by atoms with van der Waals surface area (Å²) < 4.78 is 84.4. The van der Waals surface area contributed by atoms with Crippen LogP contribution in [0.4, 0.5) is 17.6 Å². The molecule has 1 fully saturated rings. The Bertz CT molecular complexity index is 1220. The minimum absolute atomic E-state index is 0.0875. The van der Waals surface area contributed by atoms with Crippen molar-refractivity contribution in [3.05, 3.63) is 41.2 Å². The van der Waals surface area contributed by atoms with Crippen LogP contribution in [0.25, 0.3) is 5.69 Å². The third-order valence-corrected chi connectivity index (χ3v) is 8.64. The first-order chi connectivity index (χ1) is 17.3. The molecule has 0 radical (unpaired) electrons. The number of hydrogen-bond acceptors (Lipinski definition) is 5. The first kappa shape index (κ1) is 28.9. The fourth-order valence-electron chi connectivity index (χ4n) is 4.66. The van der Waals surface area contributed by atoms with E-state index >= 15 is 4.39 Å². The van der Waals surface area contributed by atoms with Gasteiger partial charge in [-0.2, -0.15) is 17.6 Å². The number of carbonyl (C=O) groups excluding carboxylic acids is 1. The molecule has 12 heteroatoms. The number of nitrogens with zero attached hydrogens (tertiary/aromatic N) is 2. The number of halogens is 4. The number of rotatable bonds is 9. The summed E-state index contributed by atoms with van der Waals surface area (Å²) in [5.74, 6) is -2.64. The van der Waals surface area contributed by atoms with Crippen LogP contribution in [0.15, 0.2) is 18.2 Å². The number of imidazole rings is 1. The van der Waals surface area contributed by atoms with Crippen molar-refractivity contribution >= 4 is 15.7 Å². The predicted molar refractivity (Wildman–Crippen MR) is 131 cm³/mol. The molecule has 1 aromatic heterocycles. The van der Waals surface area contributed by atoms with Gasteiger partial charge in [-0.1, -0.05) is 19.9 Å². The summed E-state index contributed by atoms with van der Waals surface area (Å²) in [7, 11) is -1.76. The number of aryl methyl sites for hydroxylation is 1. The molecule has 1 heterocycles. The third-order valence-electron chi connectivity index (χ3n) is 6.96. The van der Waals surface area contributed by atoms with E-state index < -0.39 is 39.5 Å². The molecule has 0 bridgehead atoms. The lowest BCUT2D eigenvalue weighted by atomic mass is 9.89. The van der Waals surface area contributed by atoms with Crippen molar-refractivity contribution in [3.63, 3.8) is 0 Å². The van der Waals surface area contributed by atoms with Gasteiger partial charge < -0.3 is 10.1 Å². The first-order valence-corrected chi connectivity index (χ1v) is 14.2. The quantitative estimate of drug-likeness (QED) is 0.462. The number of nitrogens with one attached hydrogen (secondary N) is 1. The van der Waals surface area contributed by atoms with Gasteiger partial charge in [-0.05, 0) is 55.7 Å². The van der Waals surface area contributed by atoms with Crippen LogP contribution < -0.4 is 10.1 Å². The Hall–Kier alpha value is -2.63. The largest absolute Gasteiger partial charge is 0.495 e. The second-order valence-electron chi connectivity index (χ2n) is 9.69. The van der Waals surface area contributed by atoms with Crippen molar-refractivity contribution in [2.75, 3.05) is 19.9 Å². The Morgan fingerprint density at radius 2 is 1.89 bits per heavy atom. The number of carbonyl (C=O) groups is 1. The van der Waals surface area contributed by atoms with Gasteiger partial charge in [-0.3, -0.25) is 9.36 Å². The topological polar surface area (TPSA) is 90.3 Å². The average molecular weight is 548 g/mol. The van der Waals surface area contributed by atoms with E-state index in [1.165, 1.54) is 31.6 Å². The number of benzene rings is 1. The van der Waals surface area contributed by atoms with Gasteiger partial charge in [0.1, 0.15) is 21.4 Å². The summed E-state index contributed by atoms with van der Waals surface area (Å²) in [6.07, 6.45) is -0.734. The highest BCUT2D eigenvalue weighted by Crippen LogP contribution is 2.33. The molecule has 1 aromatic carbocycles. The Labute approximate surface area is 214 Å². The monoisotopic (exact) mass is 547 g/mol. The maximum atomic E-state index is 15.5. The zero-order valence-corrected chi connectivity index (χ0v) is 22.2. The van der Waals surface area contributed by atoms with Gasteiger partial charge in [0, 0.05) is 19.2 Å². The molecule has 1 amide bonds. The maximum Gasteiger partial charge on any atom is 0.391 e. The normalized spacial score (nSPS) is 19.5. The highest BCUT2D eigenvalue weighted by Gasteiger charge is 2.36. The molecule has 3 rings (SSSR count). The number of alkyl halides is 3. The lowest BCUT2D eigenvalue weighted by Crippen LogP contribution is -2.34. The fraction of sp³-hybridized carbons (Fsp3) is 0.600. The van der Waals surface area contributed by atoms with Crippen molar-refractivity contribution < 1.29 is 35.5 Å². The summed E-state index contributed by atoms with van der Waals surface area (Å²) in [4.78, 5) is 17.0. The number of ether oxygens (including phenoxy) is 1. The van der Waals surface area contributed by atoms with E-state index in [4.69, 9.17) is 4.74 Å². The third kappa shape index (κ3) is 6.82. The Morgan fingerprint density at radius 1 is 1.24 bits per heavy atom. The molecule has 0 saturated heterocycles. The van der Waals surface area contributed by atoms with Crippen LogP contribution in [-0.4, -0.2) is 55.2 Å². The van der Waals surface area contributed by atoms with Crippen LogP contribution in [0.3, 0.4) is 0 Å². The predicted octanol–water partition coefficient (Wildman–Crippen LogP) is 4.66. The standard InChI is InChI=1S/C25H33F4N3O4S/c1-5-21-31-22(24(33)30-14-16-6-9-18(10-7-16)37(4,34)35)23(26)32(21)19-11-8-17(13-20(19)36-3)12-15(2)25(27,28)29/h8,11,13,15-16,18H,5-7,9-10,12,14H2,1-4H3,(H,30,33). The van der Waals surface area contributed by atoms with Gasteiger partial charge in [-0.25, -0.2) is 13.4 Å². The van der Waals surface area contributed by atoms with Gasteiger partial charge in [-0.15, -0.1) is 0 Å². The highest BCUT2D eigenvalue weighted by molar-refractivity contribution is 7.91. The van der Waals surface area contributed by atoms with E-state index in [1.807, 2.05) is 0 Å². The van der Waals surface area contributed by atoms with E-state index in [2.05, 4.69) is 10.3 Å². The lowest BCUT2D eigenvalue weighted by molar-refractivity contribution is -0.169. The average Bonchev–Trinajstić information content (AvgIpc) is 3.17. The molecule has 7 nitrogen and oxygen atoms in total. The molecule has 0 aliphatic heterocycles. The van der Waals surface area contributed by atoms with E-state index in [-0.39, 0.29) is 47.8 Å². The molecule has 1 aliphatic rings. The Kier molecular flexibility index (Phi) is 8.92. The van der Waals surface area contributed by atoms with Crippen molar-refractivity contribution in [1.82, 2.24) is 14.9 Å². The fourth-order valence-corrected chi connectivity index (χ4v) is 5.79. The van der Waals surface area contributed by atoms with Crippen LogP contribution in [0.5, 0.6) is 5.75 Å². The summed E-state index contributed by atoms with van der Waals surface area (Å²) in [5, 5.41) is 2.35. The van der Waals surface area contributed by atoms with Crippen LogP contribution in [0.1, 0.15) is 61.4 Å². The number of sulfone groups is 1. The molecule has 37 heavy (non-hydrogen) atoms. The number of methoxy groups -OCH3 is 1. The van der Waals surface area contributed by atoms with Gasteiger partial charge in [0.25, 0.3) is 5.91 Å². The van der Waals surface area contributed by atoms with Crippen molar-refractivity contribution in [3.8, 4) is 11.4 Å². The molecule has 206 valence electrons. The molecule has 1 atom stereocenters. The van der Waals surface area contributed by atoms with E-state index in [9.17, 15) is 26.4 Å². The van der Waals surface area contributed by atoms with Gasteiger partial charge in [0.15, 0.2) is 5.69 Å². The number of amides is 1. The summed E-state index contributed by atoms with van der Waals surface area (Å²) in [6.45, 7) is 3.11. The van der Waals surface area contributed by atoms with Gasteiger partial charge in [0.05, 0.1) is 24.0 Å². The van der Waals surface area contributed by atoms with Crippen LogP contribution in [0, 0.1) is 17.8 Å². The minimum atomic E-state index is -4.34. The summed E-state index contributed by atoms with van der Waals surface area (Å²) >= 11 is 0. The van der Waals surface area contributed by atoms with Gasteiger partial charge in [0.2, 0.25) is 5.95 Å². The molecular weight excluding hydrogens is 514 g/mol. The van der Waals surface area contributed by atoms with Gasteiger partial charge >= 0.3 is 6.18 Å². The van der Waals surface area contributed by atoms with E-state index in [0.717, 1.165) is 11.5 Å². The van der Waals surface area contributed by atoms with Crippen LogP contribution in [-0.2, 0) is 22.7 Å². The molecule has 1 unspecified atom stereocenters. The molecular formula is C25H33F4N3O4S. The maximum absolute atomic E-state index is 15.5. The second kappa shape index (κ2) is 11.4. The Morgan fingerprint density at radius 3 is 2.43 bits per heavy atom. The lowest BCUT2D eigenvalue weighted by Gasteiger charge is -2.27. The van der Waals surface area contributed by atoms with Crippen molar-refractivity contribution in [1.29, 1.82) is 0 Å². The molecule has 1 aliphatic carbocycles. The van der Waals surface area contributed by atoms with Crippen molar-refractivity contribution in [2.24, 2.45) is 11.8 Å². The molecule has 0 spiro atoms.